The van der Waals surface area contributed by atoms with Crippen LogP contribution in [0.1, 0.15) is 22.5 Å². The number of anilines is 1. The number of methoxy groups -OCH3 is 1. The molecule has 5 rings (SSSR count). The summed E-state index contributed by atoms with van der Waals surface area (Å²) in [5.41, 5.74) is 5.47. The van der Waals surface area contributed by atoms with Crippen LogP contribution in [0.2, 0.25) is 0 Å². The molecule has 0 aliphatic carbocycles. The Labute approximate surface area is 181 Å². The van der Waals surface area contributed by atoms with Crippen LogP contribution in [0.4, 0.5) is 10.5 Å². The first-order chi connectivity index (χ1) is 15.0. The van der Waals surface area contributed by atoms with Gasteiger partial charge < -0.3 is 29.2 Å². The highest BCUT2D eigenvalue weighted by Crippen LogP contribution is 2.39. The van der Waals surface area contributed by atoms with Crippen molar-refractivity contribution in [2.24, 2.45) is 0 Å². The molecule has 3 aliphatic rings. The largest absolute Gasteiger partial charge is 0.497 e. The van der Waals surface area contributed by atoms with E-state index in [4.69, 9.17) is 9.47 Å². The Bertz CT molecular complexity index is 1070. The van der Waals surface area contributed by atoms with Crippen LogP contribution in [0.5, 0.6) is 5.75 Å². The van der Waals surface area contributed by atoms with Gasteiger partial charge in [-0.05, 0) is 35.9 Å². The molecular weight excluding hydrogens is 396 g/mol. The zero-order chi connectivity index (χ0) is 21.5. The minimum absolute atomic E-state index is 0.0417. The number of hydrogen-bond donors (Lipinski definition) is 1. The van der Waals surface area contributed by atoms with Gasteiger partial charge in [0, 0.05) is 56.6 Å². The fourth-order valence-electron chi connectivity index (χ4n) is 4.51. The maximum Gasteiger partial charge on any atom is 0.320 e. The van der Waals surface area contributed by atoms with Gasteiger partial charge in [-0.15, -0.1) is 0 Å². The molecule has 0 unspecified atom stereocenters. The van der Waals surface area contributed by atoms with Crippen molar-refractivity contribution >= 4 is 29.3 Å². The Kier molecular flexibility index (Phi) is 4.94. The lowest BCUT2D eigenvalue weighted by atomic mass is 10.1. The molecule has 3 amide bonds. The number of carbonyl (C=O) groups is 2. The normalized spacial score (nSPS) is 19.6. The Balaban J connectivity index is 1.40. The van der Waals surface area contributed by atoms with E-state index in [1.54, 1.807) is 19.1 Å². The molecule has 0 spiro atoms. The average molecular weight is 422 g/mol. The van der Waals surface area contributed by atoms with Gasteiger partial charge in [-0.2, -0.15) is 0 Å². The van der Waals surface area contributed by atoms with Gasteiger partial charge in [0.25, 0.3) is 5.91 Å². The number of benzene rings is 1. The minimum Gasteiger partial charge on any atom is -0.497 e. The number of aromatic amines is 1. The van der Waals surface area contributed by atoms with E-state index in [9.17, 15) is 9.59 Å². The van der Waals surface area contributed by atoms with Gasteiger partial charge in [0.1, 0.15) is 5.75 Å². The minimum atomic E-state index is -0.0417. The second-order valence-electron chi connectivity index (χ2n) is 8.09. The van der Waals surface area contributed by atoms with E-state index in [0.717, 1.165) is 40.4 Å². The van der Waals surface area contributed by atoms with Gasteiger partial charge in [-0.25, -0.2) is 4.79 Å². The molecule has 0 atom stereocenters. The molecular formula is C23H26N4O4. The van der Waals surface area contributed by atoms with E-state index in [-0.39, 0.29) is 11.9 Å². The highest BCUT2D eigenvalue weighted by Gasteiger charge is 2.31. The summed E-state index contributed by atoms with van der Waals surface area (Å²) in [7, 11) is 3.40. The fraction of sp³-hybridized carbons (Fsp3) is 0.391. The number of likely N-dealkylation sites (N-methyl/N-ethyl adjacent to an activating group) is 1. The number of aromatic nitrogens is 1. The van der Waals surface area contributed by atoms with Crippen molar-refractivity contribution in [1.82, 2.24) is 14.8 Å². The van der Waals surface area contributed by atoms with Gasteiger partial charge in [0.15, 0.2) is 0 Å². The summed E-state index contributed by atoms with van der Waals surface area (Å²) < 4.78 is 10.7. The number of nitrogens with one attached hydrogen (secondary N) is 1. The Morgan fingerprint density at radius 3 is 2.74 bits per heavy atom. The molecule has 162 valence electrons. The first-order valence-corrected chi connectivity index (χ1v) is 10.6. The second kappa shape index (κ2) is 7.77. The van der Waals surface area contributed by atoms with Gasteiger partial charge >= 0.3 is 6.03 Å². The summed E-state index contributed by atoms with van der Waals surface area (Å²) in [4.78, 5) is 34.6. The summed E-state index contributed by atoms with van der Waals surface area (Å²) in [6.07, 6.45) is 2.67. The smallest absolute Gasteiger partial charge is 0.320 e. The van der Waals surface area contributed by atoms with Crippen molar-refractivity contribution in [2.75, 3.05) is 51.9 Å². The number of morpholine rings is 1. The highest BCUT2D eigenvalue weighted by molar-refractivity contribution is 6.35. The van der Waals surface area contributed by atoms with Crippen LogP contribution >= 0.6 is 0 Å². The van der Waals surface area contributed by atoms with Crippen molar-refractivity contribution < 1.29 is 19.1 Å². The summed E-state index contributed by atoms with van der Waals surface area (Å²) in [5, 5.41) is 0. The van der Waals surface area contributed by atoms with Gasteiger partial charge in [-0.1, -0.05) is 0 Å². The molecule has 0 bridgehead atoms. The van der Waals surface area contributed by atoms with Crippen LogP contribution in [0.3, 0.4) is 0 Å². The quantitative estimate of drug-likeness (QED) is 0.754. The Hall–Kier alpha value is -3.26. The van der Waals surface area contributed by atoms with E-state index in [1.807, 2.05) is 40.1 Å². The third kappa shape index (κ3) is 3.46. The molecule has 1 aromatic carbocycles. The zero-order valence-electron chi connectivity index (χ0n) is 17.8. The molecule has 0 saturated carbocycles. The first-order valence-electron chi connectivity index (χ1n) is 10.6. The lowest BCUT2D eigenvalue weighted by Crippen LogP contribution is -2.49. The van der Waals surface area contributed by atoms with Crippen molar-refractivity contribution in [3.05, 3.63) is 46.8 Å². The van der Waals surface area contributed by atoms with Crippen LogP contribution in [-0.4, -0.2) is 73.7 Å². The molecule has 31 heavy (non-hydrogen) atoms. The van der Waals surface area contributed by atoms with Crippen molar-refractivity contribution in [1.29, 1.82) is 0 Å². The predicted octanol–water partition coefficient (Wildman–Crippen LogP) is 2.35. The van der Waals surface area contributed by atoms with E-state index in [1.165, 1.54) is 0 Å². The van der Waals surface area contributed by atoms with E-state index < -0.39 is 0 Å². The number of urea groups is 1. The second-order valence-corrected chi connectivity index (χ2v) is 8.09. The molecule has 3 aliphatic heterocycles. The number of nitrogens with zero attached hydrogens (tertiary/aromatic N) is 3. The van der Waals surface area contributed by atoms with Crippen LogP contribution in [0, 0.1) is 0 Å². The van der Waals surface area contributed by atoms with Gasteiger partial charge in [0.2, 0.25) is 0 Å². The Morgan fingerprint density at radius 1 is 1.16 bits per heavy atom. The molecule has 8 nitrogen and oxygen atoms in total. The SMILES string of the molecule is COc1ccc2c(c1)/C(=C/c1cc3c([nH]1)CCN(C(=O)N1CCOCC1)C3)C(=O)N2C. The lowest BCUT2D eigenvalue weighted by Gasteiger charge is -2.34. The highest BCUT2D eigenvalue weighted by atomic mass is 16.5. The molecule has 4 heterocycles. The molecule has 1 fully saturated rings. The summed E-state index contributed by atoms with van der Waals surface area (Å²) >= 11 is 0. The van der Waals surface area contributed by atoms with E-state index in [2.05, 4.69) is 4.98 Å². The number of hydrogen-bond acceptors (Lipinski definition) is 4. The summed E-state index contributed by atoms with van der Waals surface area (Å²) in [5.74, 6) is 0.677. The first kappa shape index (κ1) is 19.7. The number of carbonyl (C=O) groups excluding carboxylic acids is 2. The predicted molar refractivity (Wildman–Crippen MR) is 117 cm³/mol. The van der Waals surface area contributed by atoms with Gasteiger partial charge in [-0.3, -0.25) is 4.79 Å². The number of rotatable bonds is 2. The maximum atomic E-state index is 12.9. The molecule has 0 radical (unpaired) electrons. The molecule has 2 aromatic rings. The van der Waals surface area contributed by atoms with Crippen LogP contribution in [0.25, 0.3) is 11.6 Å². The monoisotopic (exact) mass is 422 g/mol. The standard InChI is InChI=1S/C23H26N4O4/c1-25-21-4-3-17(30-2)13-18(21)19(22(25)28)12-16-11-15-14-27(6-5-20(15)24-16)23(29)26-7-9-31-10-8-26/h3-4,11-13,24H,5-10,14H2,1-2H3/b19-12-. The molecule has 1 N–H and O–H groups in total. The number of H-pyrrole nitrogens is 1. The van der Waals surface area contributed by atoms with Crippen molar-refractivity contribution in [3.8, 4) is 5.75 Å². The third-order valence-corrected chi connectivity index (χ3v) is 6.25. The lowest BCUT2D eigenvalue weighted by molar-refractivity contribution is -0.112. The number of amides is 3. The van der Waals surface area contributed by atoms with Crippen LogP contribution in [0.15, 0.2) is 24.3 Å². The third-order valence-electron chi connectivity index (χ3n) is 6.25. The topological polar surface area (TPSA) is 78.1 Å². The maximum absolute atomic E-state index is 12.9. The van der Waals surface area contributed by atoms with Crippen LogP contribution in [-0.2, 0) is 22.5 Å². The van der Waals surface area contributed by atoms with Crippen LogP contribution < -0.4 is 9.64 Å². The van der Waals surface area contributed by atoms with Crippen molar-refractivity contribution in [3.63, 3.8) is 0 Å². The van der Waals surface area contributed by atoms with E-state index >= 15 is 0 Å². The molecule has 8 heteroatoms. The number of fused-ring (bicyclic) bond motifs is 2. The van der Waals surface area contributed by atoms with Gasteiger partial charge in [0.05, 0.1) is 31.6 Å². The Morgan fingerprint density at radius 2 is 1.97 bits per heavy atom. The summed E-state index contributed by atoms with van der Waals surface area (Å²) in [6.45, 7) is 3.74. The average Bonchev–Trinajstić information content (AvgIpc) is 3.32. The molecule has 1 aromatic heterocycles. The van der Waals surface area contributed by atoms with Crippen molar-refractivity contribution in [2.45, 2.75) is 13.0 Å². The zero-order valence-corrected chi connectivity index (χ0v) is 17.8. The number of ether oxygens (including phenoxy) is 2. The molecule has 1 saturated heterocycles. The van der Waals surface area contributed by atoms with E-state index in [0.29, 0.717) is 45.0 Å². The summed E-state index contributed by atoms with van der Waals surface area (Å²) in [6, 6.07) is 7.78. The fourth-order valence-corrected chi connectivity index (χ4v) is 4.51.